The third kappa shape index (κ3) is 3.23. The van der Waals surface area contributed by atoms with Crippen molar-refractivity contribution in [1.29, 1.82) is 0 Å². The summed E-state index contributed by atoms with van der Waals surface area (Å²) in [5, 5.41) is 0. The number of rotatable bonds is 4. The fraction of sp³-hybridized carbons (Fsp3) is 0.625. The Morgan fingerprint density at radius 2 is 2.45 bits per heavy atom. The summed E-state index contributed by atoms with van der Waals surface area (Å²) in [5.41, 5.74) is 1.02. The molecule has 1 spiro atoms. The fourth-order valence-corrected chi connectivity index (χ4v) is 4.55. The van der Waals surface area contributed by atoms with Crippen LogP contribution < -0.4 is 0 Å². The van der Waals surface area contributed by atoms with Crippen molar-refractivity contribution in [2.45, 2.75) is 37.7 Å². The summed E-state index contributed by atoms with van der Waals surface area (Å²) >= 11 is 1.96. The van der Waals surface area contributed by atoms with Crippen LogP contribution in [-0.2, 0) is 16.0 Å². The molecule has 2 atom stereocenters. The number of aromatic nitrogens is 1. The lowest BCUT2D eigenvalue weighted by molar-refractivity contribution is -0.134. The maximum Gasteiger partial charge on any atom is 0.136 e. The van der Waals surface area contributed by atoms with Crippen LogP contribution in [0.2, 0.25) is 0 Å². The summed E-state index contributed by atoms with van der Waals surface area (Å²) in [6.45, 7) is 0.751. The molecule has 2 saturated heterocycles. The molecule has 3 heterocycles. The van der Waals surface area contributed by atoms with Crippen molar-refractivity contribution < 1.29 is 9.53 Å². The number of nitrogens with zero attached hydrogens (tertiary/aromatic N) is 1. The Kier molecular flexibility index (Phi) is 4.41. The molecule has 20 heavy (non-hydrogen) atoms. The normalized spacial score (nSPS) is 29.7. The molecule has 0 saturated carbocycles. The van der Waals surface area contributed by atoms with Gasteiger partial charge in [0.25, 0.3) is 0 Å². The van der Waals surface area contributed by atoms with E-state index in [1.54, 1.807) is 6.20 Å². The van der Waals surface area contributed by atoms with Gasteiger partial charge in [-0.25, -0.2) is 0 Å². The van der Waals surface area contributed by atoms with Crippen LogP contribution in [-0.4, -0.2) is 34.5 Å². The number of carbonyl (C=O) groups excluding carboxylic acids is 1. The average Bonchev–Trinajstić information content (AvgIpc) is 2.93. The summed E-state index contributed by atoms with van der Waals surface area (Å²) in [6.07, 6.45) is 6.11. The molecule has 2 fully saturated rings. The molecular formula is C16H21NO2S. The minimum Gasteiger partial charge on any atom is -0.374 e. The van der Waals surface area contributed by atoms with Crippen molar-refractivity contribution >= 4 is 17.5 Å². The van der Waals surface area contributed by atoms with Gasteiger partial charge >= 0.3 is 0 Å². The number of carbonyl (C=O) groups is 1. The van der Waals surface area contributed by atoms with Crippen LogP contribution in [0.4, 0.5) is 0 Å². The molecule has 0 N–H and O–H groups in total. The van der Waals surface area contributed by atoms with Gasteiger partial charge in [0.15, 0.2) is 0 Å². The topological polar surface area (TPSA) is 39.2 Å². The van der Waals surface area contributed by atoms with Gasteiger partial charge in [-0.05, 0) is 43.6 Å². The lowest BCUT2D eigenvalue weighted by atomic mass is 9.82. The average molecular weight is 291 g/mol. The fourth-order valence-electron chi connectivity index (χ4n) is 3.17. The summed E-state index contributed by atoms with van der Waals surface area (Å²) in [7, 11) is 0. The molecule has 1 aromatic rings. The maximum atomic E-state index is 12.4. The highest BCUT2D eigenvalue weighted by molar-refractivity contribution is 7.99. The minimum absolute atomic E-state index is 0.00817. The minimum atomic E-state index is 0.00817. The Balaban J connectivity index is 1.54. The van der Waals surface area contributed by atoms with Gasteiger partial charge in [0, 0.05) is 36.6 Å². The Morgan fingerprint density at radius 1 is 1.50 bits per heavy atom. The predicted octanol–water partition coefficient (Wildman–Crippen LogP) is 2.89. The van der Waals surface area contributed by atoms with E-state index in [2.05, 4.69) is 4.98 Å². The molecular weight excluding hydrogens is 270 g/mol. The van der Waals surface area contributed by atoms with Gasteiger partial charge in [-0.2, -0.15) is 11.8 Å². The van der Waals surface area contributed by atoms with E-state index < -0.39 is 0 Å². The molecule has 2 aliphatic heterocycles. The highest BCUT2D eigenvalue weighted by atomic mass is 32.2. The van der Waals surface area contributed by atoms with E-state index in [0.29, 0.717) is 12.2 Å². The SMILES string of the molecule is O=C(CCc1ccccn1)C1CCOC2(CCSC2)C1. The summed E-state index contributed by atoms with van der Waals surface area (Å²) in [4.78, 5) is 16.7. The molecule has 3 rings (SSSR count). The molecule has 4 heteroatoms. The van der Waals surface area contributed by atoms with Crippen LogP contribution >= 0.6 is 11.8 Å². The number of Topliss-reactive ketones (excluding diaryl/α,β-unsaturated/α-hetero) is 1. The third-order valence-corrected chi connectivity index (χ3v) is 5.59. The maximum absolute atomic E-state index is 12.4. The van der Waals surface area contributed by atoms with Gasteiger partial charge in [0.1, 0.15) is 5.78 Å². The van der Waals surface area contributed by atoms with E-state index >= 15 is 0 Å². The first kappa shape index (κ1) is 14.1. The van der Waals surface area contributed by atoms with Crippen molar-refractivity contribution in [2.24, 2.45) is 5.92 Å². The van der Waals surface area contributed by atoms with Crippen LogP contribution in [0.25, 0.3) is 0 Å². The number of hydrogen-bond donors (Lipinski definition) is 0. The second-order valence-corrected chi connectivity index (χ2v) is 6.92. The van der Waals surface area contributed by atoms with Gasteiger partial charge in [0.2, 0.25) is 0 Å². The molecule has 3 nitrogen and oxygen atoms in total. The van der Waals surface area contributed by atoms with Gasteiger partial charge in [0.05, 0.1) is 5.60 Å². The largest absolute Gasteiger partial charge is 0.374 e. The Bertz CT molecular complexity index is 457. The molecule has 0 amide bonds. The quantitative estimate of drug-likeness (QED) is 0.855. The lowest BCUT2D eigenvalue weighted by Gasteiger charge is -2.37. The molecule has 0 aliphatic carbocycles. The highest BCUT2D eigenvalue weighted by Crippen LogP contribution is 2.40. The Labute approximate surface area is 124 Å². The number of pyridine rings is 1. The number of ketones is 1. The zero-order chi connectivity index (χ0) is 13.8. The first-order valence-electron chi connectivity index (χ1n) is 7.42. The van der Waals surface area contributed by atoms with E-state index in [4.69, 9.17) is 4.74 Å². The van der Waals surface area contributed by atoms with Crippen molar-refractivity contribution in [3.8, 4) is 0 Å². The van der Waals surface area contributed by atoms with Gasteiger partial charge in [-0.1, -0.05) is 6.07 Å². The van der Waals surface area contributed by atoms with Crippen LogP contribution in [0.1, 0.15) is 31.4 Å². The number of hydrogen-bond acceptors (Lipinski definition) is 4. The lowest BCUT2D eigenvalue weighted by Crippen LogP contribution is -2.42. The number of aryl methyl sites for hydroxylation is 1. The smallest absolute Gasteiger partial charge is 0.136 e. The van der Waals surface area contributed by atoms with E-state index in [9.17, 15) is 4.79 Å². The molecule has 0 aromatic carbocycles. The third-order valence-electron chi connectivity index (χ3n) is 4.37. The zero-order valence-electron chi connectivity index (χ0n) is 11.7. The zero-order valence-corrected chi connectivity index (χ0v) is 12.5. The molecule has 2 aliphatic rings. The summed E-state index contributed by atoms with van der Waals surface area (Å²) in [5.74, 6) is 2.84. The molecule has 1 aromatic heterocycles. The van der Waals surface area contributed by atoms with E-state index in [-0.39, 0.29) is 11.5 Å². The molecule has 0 radical (unpaired) electrons. The second-order valence-electron chi connectivity index (χ2n) is 5.81. The second kappa shape index (κ2) is 6.27. The van der Waals surface area contributed by atoms with E-state index in [1.165, 1.54) is 5.75 Å². The van der Waals surface area contributed by atoms with E-state index in [0.717, 1.165) is 43.7 Å². The van der Waals surface area contributed by atoms with Crippen LogP contribution in [0, 0.1) is 5.92 Å². The monoisotopic (exact) mass is 291 g/mol. The van der Waals surface area contributed by atoms with Crippen LogP contribution in [0.3, 0.4) is 0 Å². The van der Waals surface area contributed by atoms with E-state index in [1.807, 2.05) is 30.0 Å². The molecule has 0 bridgehead atoms. The molecule has 108 valence electrons. The first-order valence-corrected chi connectivity index (χ1v) is 8.57. The van der Waals surface area contributed by atoms with Crippen molar-refractivity contribution in [3.63, 3.8) is 0 Å². The van der Waals surface area contributed by atoms with Crippen LogP contribution in [0.5, 0.6) is 0 Å². The Morgan fingerprint density at radius 3 is 3.20 bits per heavy atom. The number of thioether (sulfide) groups is 1. The molecule has 2 unspecified atom stereocenters. The Hall–Kier alpha value is -0.870. The van der Waals surface area contributed by atoms with Crippen molar-refractivity contribution in [1.82, 2.24) is 4.98 Å². The summed E-state index contributed by atoms with van der Waals surface area (Å²) in [6, 6.07) is 5.88. The van der Waals surface area contributed by atoms with Gasteiger partial charge < -0.3 is 4.74 Å². The van der Waals surface area contributed by atoms with Gasteiger partial charge in [-0.3, -0.25) is 9.78 Å². The standard InChI is InChI=1S/C16H21NO2S/c18-15(5-4-14-3-1-2-8-17-14)13-6-9-19-16(11-13)7-10-20-12-16/h1-3,8,13H,4-7,9-12H2. The highest BCUT2D eigenvalue weighted by Gasteiger charge is 2.42. The van der Waals surface area contributed by atoms with Gasteiger partial charge in [-0.15, -0.1) is 0 Å². The van der Waals surface area contributed by atoms with Crippen LogP contribution in [0.15, 0.2) is 24.4 Å². The predicted molar refractivity (Wildman–Crippen MR) is 80.9 cm³/mol. The number of ether oxygens (including phenoxy) is 1. The van der Waals surface area contributed by atoms with Crippen molar-refractivity contribution in [3.05, 3.63) is 30.1 Å². The first-order chi connectivity index (χ1) is 9.77. The van der Waals surface area contributed by atoms with Crippen molar-refractivity contribution in [2.75, 3.05) is 18.1 Å². The summed E-state index contributed by atoms with van der Waals surface area (Å²) < 4.78 is 5.98.